The van der Waals surface area contributed by atoms with Gasteiger partial charge in [-0.05, 0) is 36.4 Å². The van der Waals surface area contributed by atoms with Gasteiger partial charge in [-0.15, -0.1) is 11.3 Å². The molecule has 2 aromatic heterocycles. The number of halogens is 1. The topological polar surface area (TPSA) is 87.4 Å². The van der Waals surface area contributed by atoms with E-state index in [1.54, 1.807) is 19.2 Å². The van der Waals surface area contributed by atoms with Crippen LogP contribution in [0.5, 0.6) is 0 Å². The minimum atomic E-state index is -0.997. The van der Waals surface area contributed by atoms with Crippen molar-refractivity contribution in [1.82, 2.24) is 9.47 Å². The highest BCUT2D eigenvalue weighted by atomic mass is 32.1. The van der Waals surface area contributed by atoms with Crippen LogP contribution in [0.2, 0.25) is 0 Å². The van der Waals surface area contributed by atoms with Crippen molar-refractivity contribution >= 4 is 34.1 Å². The maximum atomic E-state index is 13.7. The van der Waals surface area contributed by atoms with E-state index < -0.39 is 11.5 Å². The molecule has 0 radical (unpaired) electrons. The minimum Gasteiger partial charge on any atom is -0.369 e. The fourth-order valence-corrected chi connectivity index (χ4v) is 5.20. The summed E-state index contributed by atoms with van der Waals surface area (Å²) in [6.45, 7) is 0.421. The zero-order valence-corrected chi connectivity index (χ0v) is 15.1. The summed E-state index contributed by atoms with van der Waals surface area (Å²) in [6.07, 6.45) is 0. The molecule has 0 aliphatic carbocycles. The number of rotatable bonds is 1. The second-order valence-corrected chi connectivity index (χ2v) is 7.89. The van der Waals surface area contributed by atoms with Crippen molar-refractivity contribution in [2.75, 3.05) is 7.05 Å². The summed E-state index contributed by atoms with van der Waals surface area (Å²) in [7, 11) is 1.61. The monoisotopic (exact) mass is 379 g/mol. The molecular formula is C19H14FN5OS. The van der Waals surface area contributed by atoms with Crippen molar-refractivity contribution in [3.63, 3.8) is 0 Å². The van der Waals surface area contributed by atoms with Crippen molar-refractivity contribution in [1.29, 1.82) is 5.26 Å². The molecule has 2 N–H and O–H groups in total. The number of nitriles is 1. The zero-order chi connectivity index (χ0) is 18.9. The lowest BCUT2D eigenvalue weighted by molar-refractivity contribution is -0.133. The first-order valence-corrected chi connectivity index (χ1v) is 9.20. The molecule has 2 unspecified atom stereocenters. The number of hydrogen-bond donors (Lipinski definition) is 1. The van der Waals surface area contributed by atoms with E-state index in [4.69, 9.17) is 10.7 Å². The number of guanidine groups is 1. The van der Waals surface area contributed by atoms with E-state index in [1.165, 1.54) is 28.4 Å². The van der Waals surface area contributed by atoms with Crippen molar-refractivity contribution in [3.8, 4) is 6.07 Å². The first kappa shape index (κ1) is 16.0. The Morgan fingerprint density at radius 2 is 2.19 bits per heavy atom. The number of amides is 1. The van der Waals surface area contributed by atoms with Gasteiger partial charge in [-0.2, -0.15) is 5.26 Å². The first-order chi connectivity index (χ1) is 13.0. The van der Waals surface area contributed by atoms with Gasteiger partial charge in [0.2, 0.25) is 5.91 Å². The molecule has 27 heavy (non-hydrogen) atoms. The highest BCUT2D eigenvalue weighted by molar-refractivity contribution is 7.12. The Bertz CT molecular complexity index is 1200. The molecule has 2 aliphatic heterocycles. The van der Waals surface area contributed by atoms with Crippen LogP contribution in [0.1, 0.15) is 15.4 Å². The van der Waals surface area contributed by atoms with Gasteiger partial charge >= 0.3 is 0 Å². The third-order valence-electron chi connectivity index (χ3n) is 5.48. The lowest BCUT2D eigenvalue weighted by Gasteiger charge is -2.37. The van der Waals surface area contributed by atoms with Crippen LogP contribution in [-0.2, 0) is 16.9 Å². The molecule has 2 aliphatic rings. The van der Waals surface area contributed by atoms with Crippen molar-refractivity contribution < 1.29 is 9.18 Å². The lowest BCUT2D eigenvalue weighted by Crippen LogP contribution is -2.53. The quantitative estimate of drug-likeness (QED) is 0.704. The Morgan fingerprint density at radius 3 is 2.93 bits per heavy atom. The fourth-order valence-electron chi connectivity index (χ4n) is 4.20. The number of thiophene rings is 1. The van der Waals surface area contributed by atoms with Crippen molar-refractivity contribution in [3.05, 3.63) is 57.7 Å². The van der Waals surface area contributed by atoms with Gasteiger partial charge in [0.15, 0.2) is 11.5 Å². The SMILES string of the molecule is CN1C(=O)C2Cn3c(cc4cc(F)ccc43)C2(c2ccc(C#N)s2)N=C1N. The molecule has 1 amide bonds. The third-order valence-corrected chi connectivity index (χ3v) is 6.59. The van der Waals surface area contributed by atoms with Crippen LogP contribution in [-0.4, -0.2) is 28.4 Å². The number of benzene rings is 1. The number of nitrogens with two attached hydrogens (primary N) is 1. The van der Waals surface area contributed by atoms with Gasteiger partial charge in [0.05, 0.1) is 11.6 Å². The molecule has 134 valence electrons. The van der Waals surface area contributed by atoms with E-state index in [2.05, 4.69) is 6.07 Å². The van der Waals surface area contributed by atoms with Gasteiger partial charge in [0.1, 0.15) is 16.8 Å². The molecule has 6 nitrogen and oxygen atoms in total. The summed E-state index contributed by atoms with van der Waals surface area (Å²) in [5.74, 6) is -0.770. The largest absolute Gasteiger partial charge is 0.369 e. The predicted octanol–water partition coefficient (Wildman–Crippen LogP) is 2.37. The molecule has 4 heterocycles. The zero-order valence-electron chi connectivity index (χ0n) is 14.3. The van der Waals surface area contributed by atoms with Crippen molar-refractivity contribution in [2.24, 2.45) is 16.6 Å². The van der Waals surface area contributed by atoms with Gasteiger partial charge in [-0.1, -0.05) is 0 Å². The summed E-state index contributed by atoms with van der Waals surface area (Å²) in [4.78, 5) is 20.5. The normalized spacial score (nSPS) is 23.9. The standard InChI is InChI=1S/C19H14FN5OS/c1-24-17(26)13-9-25-14-4-2-11(20)6-10(14)7-15(25)19(13,23-18(24)22)16-5-3-12(8-21)27-16/h2-7,13H,9H2,1H3,(H2,22,23). The Hall–Kier alpha value is -3.18. The van der Waals surface area contributed by atoms with Crippen LogP contribution in [0.3, 0.4) is 0 Å². The molecule has 0 bridgehead atoms. The molecule has 0 saturated carbocycles. The number of carbonyl (C=O) groups is 1. The summed E-state index contributed by atoms with van der Waals surface area (Å²) >= 11 is 1.31. The minimum absolute atomic E-state index is 0.117. The first-order valence-electron chi connectivity index (χ1n) is 8.38. The molecule has 2 atom stereocenters. The van der Waals surface area contributed by atoms with Gasteiger partial charge in [0.25, 0.3) is 0 Å². The second kappa shape index (κ2) is 5.18. The number of carbonyl (C=O) groups excluding carboxylic acids is 1. The average Bonchev–Trinajstić information content (AvgIpc) is 3.33. The van der Waals surface area contributed by atoms with E-state index in [-0.39, 0.29) is 17.7 Å². The third kappa shape index (κ3) is 1.92. The van der Waals surface area contributed by atoms with Gasteiger partial charge < -0.3 is 10.3 Å². The fraction of sp³-hybridized carbons (Fsp3) is 0.211. The van der Waals surface area contributed by atoms with Crippen LogP contribution in [0.4, 0.5) is 4.39 Å². The van der Waals surface area contributed by atoms with Crippen LogP contribution in [0.15, 0.2) is 41.4 Å². The van der Waals surface area contributed by atoms with E-state index in [9.17, 15) is 14.4 Å². The Balaban J connectivity index is 1.86. The highest BCUT2D eigenvalue weighted by Crippen LogP contribution is 2.52. The molecule has 0 saturated heterocycles. The number of hydrogen-bond acceptors (Lipinski definition) is 5. The Labute approximate surface area is 157 Å². The van der Waals surface area contributed by atoms with Crippen LogP contribution in [0.25, 0.3) is 10.9 Å². The Kier molecular flexibility index (Phi) is 3.07. The van der Waals surface area contributed by atoms with E-state index >= 15 is 0 Å². The molecule has 3 aromatic rings. The van der Waals surface area contributed by atoms with Crippen LogP contribution >= 0.6 is 11.3 Å². The van der Waals surface area contributed by atoms with E-state index in [0.29, 0.717) is 11.4 Å². The number of nitrogens with zero attached hydrogens (tertiary/aromatic N) is 4. The number of aliphatic imine (C=N–C) groups is 1. The average molecular weight is 379 g/mol. The van der Waals surface area contributed by atoms with E-state index in [0.717, 1.165) is 21.5 Å². The number of fused-ring (bicyclic) bond motifs is 5. The molecule has 8 heteroatoms. The second-order valence-electron chi connectivity index (χ2n) is 6.81. The summed E-state index contributed by atoms with van der Waals surface area (Å²) in [6, 6.07) is 12.2. The Morgan fingerprint density at radius 1 is 1.37 bits per heavy atom. The smallest absolute Gasteiger partial charge is 0.237 e. The molecular weight excluding hydrogens is 365 g/mol. The van der Waals surface area contributed by atoms with Gasteiger partial charge in [-0.25, -0.2) is 9.38 Å². The predicted molar refractivity (Wildman–Crippen MR) is 99.6 cm³/mol. The van der Waals surface area contributed by atoms with Gasteiger partial charge in [0, 0.05) is 29.4 Å². The van der Waals surface area contributed by atoms with Crippen LogP contribution in [0, 0.1) is 23.1 Å². The summed E-state index contributed by atoms with van der Waals surface area (Å²) < 4.78 is 15.7. The van der Waals surface area contributed by atoms with E-state index in [1.807, 2.05) is 16.7 Å². The molecule has 0 spiro atoms. The van der Waals surface area contributed by atoms with Gasteiger partial charge in [-0.3, -0.25) is 9.69 Å². The maximum absolute atomic E-state index is 13.7. The number of aromatic nitrogens is 1. The van der Waals surface area contributed by atoms with Crippen molar-refractivity contribution in [2.45, 2.75) is 12.1 Å². The van der Waals surface area contributed by atoms with Crippen LogP contribution < -0.4 is 5.73 Å². The lowest BCUT2D eigenvalue weighted by atomic mass is 9.80. The highest BCUT2D eigenvalue weighted by Gasteiger charge is 2.57. The molecule has 0 fully saturated rings. The summed E-state index contributed by atoms with van der Waals surface area (Å²) in [5, 5.41) is 10.0. The maximum Gasteiger partial charge on any atom is 0.237 e. The molecule has 5 rings (SSSR count). The molecule has 1 aromatic carbocycles. The summed E-state index contributed by atoms with van der Waals surface area (Å²) in [5.41, 5.74) is 6.73.